The number of aromatic nitrogens is 3. The molecule has 0 bridgehead atoms. The van der Waals surface area contributed by atoms with Gasteiger partial charge < -0.3 is 25.4 Å². The monoisotopic (exact) mass is 516 g/mol. The lowest BCUT2D eigenvalue weighted by Gasteiger charge is -2.31. The molecule has 0 saturated heterocycles. The third-order valence-electron chi connectivity index (χ3n) is 6.25. The van der Waals surface area contributed by atoms with E-state index < -0.39 is 18.1 Å². The van der Waals surface area contributed by atoms with Crippen LogP contribution in [0.5, 0.6) is 11.6 Å². The van der Waals surface area contributed by atoms with E-state index in [9.17, 15) is 14.0 Å². The zero-order valence-electron chi connectivity index (χ0n) is 19.5. The van der Waals surface area contributed by atoms with Crippen molar-refractivity contribution in [3.05, 3.63) is 42.2 Å². The van der Waals surface area contributed by atoms with E-state index in [2.05, 4.69) is 30.9 Å². The minimum Gasteiger partial charge on any atom is -0.481 e. The van der Waals surface area contributed by atoms with Gasteiger partial charge in [-0.1, -0.05) is 0 Å². The predicted octanol–water partition coefficient (Wildman–Crippen LogP) is 3.02. The molecule has 0 unspecified atom stereocenters. The molecule has 1 aliphatic carbocycles. The number of amides is 2. The molecule has 0 aromatic carbocycles. The van der Waals surface area contributed by atoms with Crippen LogP contribution in [0, 0.1) is 5.92 Å². The summed E-state index contributed by atoms with van der Waals surface area (Å²) in [6.07, 6.45) is 1.58. The van der Waals surface area contributed by atoms with Crippen molar-refractivity contribution in [2.45, 2.75) is 38.0 Å². The van der Waals surface area contributed by atoms with Crippen molar-refractivity contribution in [1.82, 2.24) is 20.3 Å². The largest absolute Gasteiger partial charge is 0.481 e. The molecule has 36 heavy (non-hydrogen) atoms. The molecular formula is C24H26ClFN6O4. The highest BCUT2D eigenvalue weighted by atomic mass is 35.5. The SMILES string of the molecule is COc1ccc2nccc(NC(=O)[C@@H]3CC[C@@H](NCc4ccc5c(n4)NC(=O)CO5)[C@@H](F)C3)c2n1.Cl. The number of hydrogen-bond donors (Lipinski definition) is 3. The second-order valence-corrected chi connectivity index (χ2v) is 8.57. The number of hydrogen-bond acceptors (Lipinski definition) is 8. The molecule has 4 heterocycles. The number of halogens is 2. The van der Waals surface area contributed by atoms with E-state index in [-0.39, 0.29) is 37.2 Å². The summed E-state index contributed by atoms with van der Waals surface area (Å²) in [6.45, 7) is 0.302. The van der Waals surface area contributed by atoms with Crippen LogP contribution < -0.4 is 25.4 Å². The Morgan fingerprint density at radius 2 is 2.08 bits per heavy atom. The van der Waals surface area contributed by atoms with E-state index in [1.807, 2.05) is 0 Å². The summed E-state index contributed by atoms with van der Waals surface area (Å²) in [4.78, 5) is 37.4. The summed E-state index contributed by atoms with van der Waals surface area (Å²) in [5.41, 5.74) is 2.33. The molecule has 12 heteroatoms. The number of carbonyl (C=O) groups excluding carboxylic acids is 2. The maximum atomic E-state index is 15.0. The Morgan fingerprint density at radius 3 is 2.89 bits per heavy atom. The lowest BCUT2D eigenvalue weighted by atomic mass is 9.84. The molecular weight excluding hydrogens is 491 g/mol. The minimum atomic E-state index is -1.19. The zero-order chi connectivity index (χ0) is 24.4. The van der Waals surface area contributed by atoms with Crippen LogP contribution >= 0.6 is 12.4 Å². The first-order chi connectivity index (χ1) is 17.0. The van der Waals surface area contributed by atoms with Crippen LogP contribution in [0.2, 0.25) is 0 Å². The molecule has 1 aliphatic heterocycles. The van der Waals surface area contributed by atoms with Gasteiger partial charge in [-0.05, 0) is 43.5 Å². The van der Waals surface area contributed by atoms with Crippen LogP contribution in [0.4, 0.5) is 15.9 Å². The molecule has 0 radical (unpaired) electrons. The number of carbonyl (C=O) groups is 2. The first kappa shape index (κ1) is 25.5. The van der Waals surface area contributed by atoms with Crippen LogP contribution in [-0.4, -0.2) is 52.7 Å². The summed E-state index contributed by atoms with van der Waals surface area (Å²) < 4.78 is 25.5. The van der Waals surface area contributed by atoms with E-state index in [1.165, 1.54) is 7.11 Å². The quantitative estimate of drug-likeness (QED) is 0.456. The van der Waals surface area contributed by atoms with Gasteiger partial charge in [0.05, 0.1) is 24.0 Å². The first-order valence-corrected chi connectivity index (χ1v) is 11.4. The van der Waals surface area contributed by atoms with Crippen molar-refractivity contribution >= 4 is 46.8 Å². The van der Waals surface area contributed by atoms with Gasteiger partial charge >= 0.3 is 0 Å². The molecule has 5 rings (SSSR count). The first-order valence-electron chi connectivity index (χ1n) is 11.4. The molecule has 1 saturated carbocycles. The molecule has 190 valence electrons. The summed E-state index contributed by atoms with van der Waals surface area (Å²) in [5.74, 6) is 0.346. The Bertz CT molecular complexity index is 1280. The smallest absolute Gasteiger partial charge is 0.263 e. The Kier molecular flexibility index (Phi) is 7.80. The zero-order valence-corrected chi connectivity index (χ0v) is 20.3. The van der Waals surface area contributed by atoms with Crippen LogP contribution in [-0.2, 0) is 16.1 Å². The van der Waals surface area contributed by atoms with Gasteiger partial charge in [-0.25, -0.2) is 14.4 Å². The van der Waals surface area contributed by atoms with E-state index in [4.69, 9.17) is 9.47 Å². The normalized spacial score (nSPS) is 20.9. The standard InChI is InChI=1S/C24H25FN6O4.ClH/c1-34-21-7-5-17-22(31-21)18(8-9-26-17)29-24(33)13-2-4-16(15(25)10-13)27-11-14-3-6-19-23(28-14)30-20(32)12-35-19;/h3,5-9,13,15-16,27H,2,4,10-12H2,1H3,(H,26,29,33)(H,28,30,32);1H/t13-,15+,16-;/m1./s1. The van der Waals surface area contributed by atoms with E-state index >= 15 is 0 Å². The molecule has 0 spiro atoms. The van der Waals surface area contributed by atoms with Gasteiger partial charge in [0.15, 0.2) is 18.2 Å². The van der Waals surface area contributed by atoms with Gasteiger partial charge in [-0.3, -0.25) is 14.6 Å². The third-order valence-corrected chi connectivity index (χ3v) is 6.25. The van der Waals surface area contributed by atoms with Crippen LogP contribution in [0.3, 0.4) is 0 Å². The number of ether oxygens (including phenoxy) is 2. The summed E-state index contributed by atoms with van der Waals surface area (Å²) in [5, 5.41) is 8.75. The molecule has 10 nitrogen and oxygen atoms in total. The minimum absolute atomic E-state index is 0. The predicted molar refractivity (Wildman–Crippen MR) is 133 cm³/mol. The van der Waals surface area contributed by atoms with Crippen LogP contribution in [0.1, 0.15) is 25.0 Å². The van der Waals surface area contributed by atoms with Gasteiger partial charge in [0.2, 0.25) is 11.8 Å². The lowest BCUT2D eigenvalue weighted by molar-refractivity contribution is -0.121. The van der Waals surface area contributed by atoms with Crippen molar-refractivity contribution in [2.75, 3.05) is 24.4 Å². The summed E-state index contributed by atoms with van der Waals surface area (Å²) in [7, 11) is 1.52. The van der Waals surface area contributed by atoms with Crippen molar-refractivity contribution in [3.8, 4) is 11.6 Å². The van der Waals surface area contributed by atoms with E-state index in [0.717, 1.165) is 0 Å². The fourth-order valence-corrected chi connectivity index (χ4v) is 4.38. The van der Waals surface area contributed by atoms with Crippen molar-refractivity contribution in [2.24, 2.45) is 5.92 Å². The summed E-state index contributed by atoms with van der Waals surface area (Å²) in [6, 6.07) is 8.26. The Labute approximate surface area is 212 Å². The molecule has 1 fully saturated rings. The number of alkyl halides is 1. The molecule has 2 amide bonds. The van der Waals surface area contributed by atoms with Crippen LogP contribution in [0.25, 0.3) is 11.0 Å². The van der Waals surface area contributed by atoms with Crippen molar-refractivity contribution < 1.29 is 23.5 Å². The third kappa shape index (κ3) is 5.47. The van der Waals surface area contributed by atoms with Crippen molar-refractivity contribution in [3.63, 3.8) is 0 Å². The topological polar surface area (TPSA) is 127 Å². The Balaban J connectivity index is 0.00000304. The van der Waals surface area contributed by atoms with Gasteiger partial charge in [-0.2, -0.15) is 0 Å². The fourth-order valence-electron chi connectivity index (χ4n) is 4.38. The van der Waals surface area contributed by atoms with Crippen LogP contribution in [0.15, 0.2) is 36.5 Å². The van der Waals surface area contributed by atoms with E-state index in [1.54, 1.807) is 36.5 Å². The molecule has 3 aromatic heterocycles. The van der Waals surface area contributed by atoms with E-state index in [0.29, 0.717) is 59.2 Å². The lowest BCUT2D eigenvalue weighted by Crippen LogP contribution is -2.44. The maximum Gasteiger partial charge on any atom is 0.263 e. The van der Waals surface area contributed by atoms with Gasteiger partial charge in [0.25, 0.3) is 5.91 Å². The van der Waals surface area contributed by atoms with Crippen molar-refractivity contribution in [1.29, 1.82) is 0 Å². The number of rotatable bonds is 6. The number of pyridine rings is 3. The number of methoxy groups -OCH3 is 1. The highest BCUT2D eigenvalue weighted by molar-refractivity contribution is 6.00. The number of fused-ring (bicyclic) bond motifs is 2. The maximum absolute atomic E-state index is 15.0. The Morgan fingerprint density at radius 1 is 1.22 bits per heavy atom. The molecule has 3 N–H and O–H groups in total. The highest BCUT2D eigenvalue weighted by Crippen LogP contribution is 2.30. The Hall–Kier alpha value is -3.57. The second-order valence-electron chi connectivity index (χ2n) is 8.57. The molecule has 3 atom stereocenters. The number of nitrogens with zero attached hydrogens (tertiary/aromatic N) is 3. The number of nitrogens with one attached hydrogen (secondary N) is 3. The molecule has 3 aromatic rings. The number of anilines is 2. The summed E-state index contributed by atoms with van der Waals surface area (Å²) >= 11 is 0. The fraction of sp³-hybridized carbons (Fsp3) is 0.375. The molecule has 2 aliphatic rings. The van der Waals surface area contributed by atoms with Gasteiger partial charge in [0, 0.05) is 30.8 Å². The van der Waals surface area contributed by atoms with Gasteiger partial charge in [0.1, 0.15) is 11.7 Å². The second kappa shape index (κ2) is 11.0. The average molecular weight is 517 g/mol. The average Bonchev–Trinajstić information content (AvgIpc) is 2.87. The highest BCUT2D eigenvalue weighted by Gasteiger charge is 2.34. The van der Waals surface area contributed by atoms with Gasteiger partial charge in [-0.15, -0.1) is 12.4 Å².